The van der Waals surface area contributed by atoms with Gasteiger partial charge in [-0.15, -0.1) is 0 Å². The number of amides is 1. The molecule has 0 radical (unpaired) electrons. The van der Waals surface area contributed by atoms with Crippen LogP contribution in [0.4, 0.5) is 0 Å². The van der Waals surface area contributed by atoms with Gasteiger partial charge in [0, 0.05) is 12.1 Å². The van der Waals surface area contributed by atoms with Crippen LogP contribution in [0.5, 0.6) is 0 Å². The van der Waals surface area contributed by atoms with Gasteiger partial charge in [0.2, 0.25) is 5.91 Å². The van der Waals surface area contributed by atoms with Gasteiger partial charge in [0.25, 0.3) is 0 Å². The van der Waals surface area contributed by atoms with Crippen molar-refractivity contribution in [3.63, 3.8) is 0 Å². The summed E-state index contributed by atoms with van der Waals surface area (Å²) in [5.74, 6) is 0.0839. The van der Waals surface area contributed by atoms with Crippen molar-refractivity contribution >= 4 is 5.91 Å². The van der Waals surface area contributed by atoms with E-state index in [0.29, 0.717) is 6.54 Å². The lowest BCUT2D eigenvalue weighted by molar-refractivity contribution is -0.123. The van der Waals surface area contributed by atoms with Gasteiger partial charge >= 0.3 is 0 Å². The molecule has 0 spiro atoms. The maximum atomic E-state index is 12.1. The Kier molecular flexibility index (Phi) is 6.18. The molecule has 22 heavy (non-hydrogen) atoms. The van der Waals surface area contributed by atoms with Crippen molar-refractivity contribution in [3.05, 3.63) is 35.4 Å². The van der Waals surface area contributed by atoms with E-state index >= 15 is 0 Å². The third-order valence-corrected chi connectivity index (χ3v) is 4.05. The van der Waals surface area contributed by atoms with Gasteiger partial charge in [-0.05, 0) is 43.9 Å². The summed E-state index contributed by atoms with van der Waals surface area (Å²) in [6, 6.07) is 8.68. The summed E-state index contributed by atoms with van der Waals surface area (Å²) < 4.78 is 0. The SMILES string of the molecule is CCC(C)(C)NC(=O)CN(C)Cc1ccc(C(C)(C)C)cc1. The monoisotopic (exact) mass is 304 g/mol. The highest BCUT2D eigenvalue weighted by Gasteiger charge is 2.18. The van der Waals surface area contributed by atoms with Gasteiger partial charge in [0.1, 0.15) is 0 Å². The lowest BCUT2D eigenvalue weighted by atomic mass is 9.87. The number of nitrogens with one attached hydrogen (secondary N) is 1. The first-order chi connectivity index (χ1) is 10.0. The van der Waals surface area contributed by atoms with Crippen molar-refractivity contribution in [2.24, 2.45) is 0 Å². The summed E-state index contributed by atoms with van der Waals surface area (Å²) in [5, 5.41) is 3.07. The molecule has 0 saturated heterocycles. The minimum absolute atomic E-state index is 0.0839. The van der Waals surface area contributed by atoms with Crippen LogP contribution >= 0.6 is 0 Å². The first-order valence-electron chi connectivity index (χ1n) is 8.12. The summed E-state index contributed by atoms with van der Waals surface area (Å²) >= 11 is 0. The molecule has 1 aromatic carbocycles. The topological polar surface area (TPSA) is 32.3 Å². The number of rotatable bonds is 6. The summed E-state index contributed by atoms with van der Waals surface area (Å²) in [5.41, 5.74) is 2.61. The van der Waals surface area contributed by atoms with Crippen LogP contribution in [0.2, 0.25) is 0 Å². The van der Waals surface area contributed by atoms with E-state index < -0.39 is 0 Å². The molecule has 0 fully saturated rings. The second kappa shape index (κ2) is 7.28. The second-order valence-corrected chi connectivity index (χ2v) is 7.90. The molecule has 0 bridgehead atoms. The van der Waals surface area contributed by atoms with E-state index in [1.54, 1.807) is 0 Å². The van der Waals surface area contributed by atoms with Crippen molar-refractivity contribution in [2.45, 2.75) is 65.5 Å². The Labute approximate surface area is 136 Å². The van der Waals surface area contributed by atoms with Crippen LogP contribution in [0.15, 0.2) is 24.3 Å². The third kappa shape index (κ3) is 6.18. The smallest absolute Gasteiger partial charge is 0.234 e. The highest BCUT2D eigenvalue weighted by atomic mass is 16.2. The number of hydrogen-bond donors (Lipinski definition) is 1. The molecule has 0 atom stereocenters. The molecule has 1 amide bonds. The fourth-order valence-corrected chi connectivity index (χ4v) is 2.23. The zero-order chi connectivity index (χ0) is 17.0. The Bertz CT molecular complexity index is 483. The number of likely N-dealkylation sites (N-methyl/N-ethyl adjacent to an activating group) is 1. The summed E-state index contributed by atoms with van der Waals surface area (Å²) in [6.07, 6.45) is 0.927. The predicted molar refractivity (Wildman–Crippen MR) is 94.0 cm³/mol. The number of benzene rings is 1. The largest absolute Gasteiger partial charge is 0.350 e. The van der Waals surface area contributed by atoms with E-state index in [-0.39, 0.29) is 16.9 Å². The fraction of sp³-hybridized carbons (Fsp3) is 0.632. The van der Waals surface area contributed by atoms with E-state index in [2.05, 4.69) is 71.1 Å². The zero-order valence-electron chi connectivity index (χ0n) is 15.3. The molecular weight excluding hydrogens is 272 g/mol. The molecule has 0 aliphatic rings. The lowest BCUT2D eigenvalue weighted by Gasteiger charge is -2.26. The molecule has 0 saturated carbocycles. The van der Waals surface area contributed by atoms with Crippen molar-refractivity contribution in [3.8, 4) is 0 Å². The molecule has 1 aromatic rings. The Morgan fingerprint density at radius 3 is 2.09 bits per heavy atom. The van der Waals surface area contributed by atoms with Crippen LogP contribution in [0, 0.1) is 0 Å². The van der Waals surface area contributed by atoms with Gasteiger partial charge in [0.05, 0.1) is 6.54 Å². The van der Waals surface area contributed by atoms with Crippen molar-refractivity contribution < 1.29 is 4.79 Å². The van der Waals surface area contributed by atoms with E-state index in [1.165, 1.54) is 11.1 Å². The summed E-state index contributed by atoms with van der Waals surface area (Å²) in [7, 11) is 1.98. The molecule has 0 aliphatic heterocycles. The normalized spacial score (nSPS) is 12.5. The number of carbonyl (C=O) groups excluding carboxylic acids is 1. The molecule has 3 heteroatoms. The Balaban J connectivity index is 2.55. The van der Waals surface area contributed by atoms with Crippen molar-refractivity contribution in [1.82, 2.24) is 10.2 Å². The van der Waals surface area contributed by atoms with Crippen molar-refractivity contribution in [2.75, 3.05) is 13.6 Å². The van der Waals surface area contributed by atoms with Crippen LogP contribution in [0.1, 0.15) is 59.1 Å². The molecule has 0 aliphatic carbocycles. The summed E-state index contributed by atoms with van der Waals surface area (Å²) in [4.78, 5) is 14.1. The van der Waals surface area contributed by atoms with Gasteiger partial charge in [-0.2, -0.15) is 0 Å². The van der Waals surface area contributed by atoms with E-state index in [0.717, 1.165) is 13.0 Å². The van der Waals surface area contributed by atoms with Gasteiger partial charge in [-0.1, -0.05) is 52.0 Å². The van der Waals surface area contributed by atoms with Crippen LogP contribution in [-0.4, -0.2) is 29.9 Å². The minimum Gasteiger partial charge on any atom is -0.350 e. The highest BCUT2D eigenvalue weighted by molar-refractivity contribution is 5.78. The Hall–Kier alpha value is -1.35. The van der Waals surface area contributed by atoms with E-state index in [1.807, 2.05) is 11.9 Å². The van der Waals surface area contributed by atoms with Crippen LogP contribution in [-0.2, 0) is 16.8 Å². The van der Waals surface area contributed by atoms with Gasteiger partial charge in [0.15, 0.2) is 0 Å². The van der Waals surface area contributed by atoms with Crippen LogP contribution in [0.3, 0.4) is 0 Å². The van der Waals surface area contributed by atoms with Crippen molar-refractivity contribution in [1.29, 1.82) is 0 Å². The molecule has 0 heterocycles. The highest BCUT2D eigenvalue weighted by Crippen LogP contribution is 2.22. The Morgan fingerprint density at radius 1 is 1.09 bits per heavy atom. The van der Waals surface area contributed by atoms with Crippen LogP contribution < -0.4 is 5.32 Å². The molecule has 1 rings (SSSR count). The standard InChI is InChI=1S/C19H32N2O/c1-8-19(5,6)20-17(22)14-21(7)13-15-9-11-16(12-10-15)18(2,3)4/h9-12H,8,13-14H2,1-7H3,(H,20,22). The first-order valence-corrected chi connectivity index (χ1v) is 8.12. The quantitative estimate of drug-likeness (QED) is 0.868. The van der Waals surface area contributed by atoms with E-state index in [9.17, 15) is 4.79 Å². The summed E-state index contributed by atoms with van der Waals surface area (Å²) in [6.45, 7) is 14.0. The van der Waals surface area contributed by atoms with Gasteiger partial charge in [-0.3, -0.25) is 9.69 Å². The lowest BCUT2D eigenvalue weighted by Crippen LogP contribution is -2.46. The minimum atomic E-state index is -0.133. The average Bonchev–Trinajstić information content (AvgIpc) is 2.37. The van der Waals surface area contributed by atoms with Gasteiger partial charge < -0.3 is 5.32 Å². The first kappa shape index (κ1) is 18.7. The third-order valence-electron chi connectivity index (χ3n) is 4.05. The average molecular weight is 304 g/mol. The zero-order valence-corrected chi connectivity index (χ0v) is 15.3. The number of nitrogens with zero attached hydrogens (tertiary/aromatic N) is 1. The molecule has 0 unspecified atom stereocenters. The van der Waals surface area contributed by atoms with Gasteiger partial charge in [-0.25, -0.2) is 0 Å². The molecular formula is C19H32N2O. The fourth-order valence-electron chi connectivity index (χ4n) is 2.23. The Morgan fingerprint density at radius 2 is 1.64 bits per heavy atom. The molecule has 3 nitrogen and oxygen atoms in total. The predicted octanol–water partition coefficient (Wildman–Crippen LogP) is 3.72. The van der Waals surface area contributed by atoms with E-state index in [4.69, 9.17) is 0 Å². The maximum Gasteiger partial charge on any atom is 0.234 e. The van der Waals surface area contributed by atoms with Crippen LogP contribution in [0.25, 0.3) is 0 Å². The molecule has 0 aromatic heterocycles. The number of hydrogen-bond acceptors (Lipinski definition) is 2. The molecule has 1 N–H and O–H groups in total. The number of carbonyl (C=O) groups is 1. The maximum absolute atomic E-state index is 12.1. The molecule has 124 valence electrons. The second-order valence-electron chi connectivity index (χ2n) is 7.90.